The highest BCUT2D eigenvalue weighted by Crippen LogP contribution is 2.21. The van der Waals surface area contributed by atoms with Gasteiger partial charge in [-0.1, -0.05) is 0 Å². The summed E-state index contributed by atoms with van der Waals surface area (Å²) in [4.78, 5) is 14.5. The van der Waals surface area contributed by atoms with Crippen molar-refractivity contribution in [2.75, 3.05) is 7.11 Å². The van der Waals surface area contributed by atoms with Crippen molar-refractivity contribution >= 4 is 5.97 Å². The molecule has 0 aliphatic carbocycles. The van der Waals surface area contributed by atoms with Crippen LogP contribution in [0.5, 0.6) is 5.75 Å². The lowest BCUT2D eigenvalue weighted by Gasteiger charge is -2.06. The van der Waals surface area contributed by atoms with Gasteiger partial charge in [-0.3, -0.25) is 0 Å². The predicted molar refractivity (Wildman–Crippen MR) is 59.6 cm³/mol. The molecule has 0 aliphatic heterocycles. The second-order valence-corrected chi connectivity index (χ2v) is 3.52. The van der Waals surface area contributed by atoms with Crippen molar-refractivity contribution in [2.24, 2.45) is 0 Å². The summed E-state index contributed by atoms with van der Waals surface area (Å²) in [7, 11) is 1.35. The van der Waals surface area contributed by atoms with E-state index in [1.165, 1.54) is 30.0 Å². The van der Waals surface area contributed by atoms with Gasteiger partial charge >= 0.3 is 5.97 Å². The summed E-state index contributed by atoms with van der Waals surface area (Å²) in [5.41, 5.74) is 0.478. The molecule has 0 saturated heterocycles. The van der Waals surface area contributed by atoms with E-state index in [9.17, 15) is 9.18 Å². The van der Waals surface area contributed by atoms with Gasteiger partial charge in [0.1, 0.15) is 5.82 Å². The molecule has 1 aromatic carbocycles. The monoisotopic (exact) mass is 251 g/mol. The van der Waals surface area contributed by atoms with E-state index in [2.05, 4.69) is 10.1 Å². The number of methoxy groups -OCH3 is 1. The fourth-order valence-corrected chi connectivity index (χ4v) is 1.51. The van der Waals surface area contributed by atoms with Crippen LogP contribution in [-0.4, -0.2) is 33.0 Å². The van der Waals surface area contributed by atoms with Crippen LogP contribution in [0.25, 0.3) is 5.69 Å². The molecule has 1 aromatic heterocycles. The molecular weight excluding hydrogens is 241 g/mol. The van der Waals surface area contributed by atoms with Crippen LogP contribution < -0.4 is 4.74 Å². The maximum absolute atomic E-state index is 13.3. The third-order valence-electron chi connectivity index (χ3n) is 2.34. The molecule has 0 unspecified atom stereocenters. The molecule has 0 spiro atoms. The van der Waals surface area contributed by atoms with Crippen molar-refractivity contribution in [3.05, 3.63) is 35.7 Å². The van der Waals surface area contributed by atoms with E-state index < -0.39 is 11.8 Å². The second kappa shape index (κ2) is 4.44. The largest absolute Gasteiger partial charge is 0.494 e. The fraction of sp³-hybridized carbons (Fsp3) is 0.182. The highest BCUT2D eigenvalue weighted by molar-refractivity contribution is 5.83. The number of aryl methyl sites for hydroxylation is 1. The third kappa shape index (κ3) is 2.02. The summed E-state index contributed by atoms with van der Waals surface area (Å²) < 4.78 is 19.4. The van der Waals surface area contributed by atoms with Gasteiger partial charge < -0.3 is 9.84 Å². The number of carbonyl (C=O) groups is 1. The Balaban J connectivity index is 2.51. The van der Waals surface area contributed by atoms with E-state index in [-0.39, 0.29) is 11.6 Å². The van der Waals surface area contributed by atoms with Gasteiger partial charge in [0, 0.05) is 6.07 Å². The number of hydrogen-bond acceptors (Lipinski definition) is 4. The number of carboxylic acid groups (broad SMARTS) is 1. The average molecular weight is 251 g/mol. The number of aromatic carboxylic acids is 1. The lowest BCUT2D eigenvalue weighted by atomic mass is 10.3. The Morgan fingerprint density at radius 2 is 2.22 bits per heavy atom. The molecule has 2 aromatic rings. The van der Waals surface area contributed by atoms with Crippen LogP contribution in [0.4, 0.5) is 4.39 Å². The van der Waals surface area contributed by atoms with Crippen molar-refractivity contribution in [1.29, 1.82) is 0 Å². The second-order valence-electron chi connectivity index (χ2n) is 3.52. The summed E-state index contributed by atoms with van der Waals surface area (Å²) >= 11 is 0. The van der Waals surface area contributed by atoms with Crippen molar-refractivity contribution in [3.63, 3.8) is 0 Å². The van der Waals surface area contributed by atoms with Crippen molar-refractivity contribution < 1.29 is 19.0 Å². The van der Waals surface area contributed by atoms with Crippen molar-refractivity contribution in [3.8, 4) is 11.4 Å². The first-order chi connectivity index (χ1) is 8.52. The van der Waals surface area contributed by atoms with Crippen LogP contribution in [0.15, 0.2) is 18.2 Å². The standard InChI is InChI=1S/C11H10FN3O3/c1-6-13-10(11(16)17)14-15(6)7-3-4-8(12)9(5-7)18-2/h3-5H,1-2H3,(H,16,17). The van der Waals surface area contributed by atoms with Crippen LogP contribution >= 0.6 is 0 Å². The Kier molecular flexibility index (Phi) is 2.97. The van der Waals surface area contributed by atoms with Gasteiger partial charge in [-0.05, 0) is 19.1 Å². The van der Waals surface area contributed by atoms with E-state index in [0.717, 1.165) is 0 Å². The lowest BCUT2D eigenvalue weighted by molar-refractivity contribution is 0.0683. The van der Waals surface area contributed by atoms with Gasteiger partial charge in [0.2, 0.25) is 0 Å². The molecule has 1 N–H and O–H groups in total. The number of ether oxygens (including phenoxy) is 1. The molecule has 0 amide bonds. The molecule has 1 heterocycles. The zero-order chi connectivity index (χ0) is 13.3. The molecule has 18 heavy (non-hydrogen) atoms. The quantitative estimate of drug-likeness (QED) is 0.892. The zero-order valence-corrected chi connectivity index (χ0v) is 9.72. The maximum Gasteiger partial charge on any atom is 0.375 e. The molecule has 0 bridgehead atoms. The maximum atomic E-state index is 13.3. The average Bonchev–Trinajstić information content (AvgIpc) is 2.72. The Bertz CT molecular complexity index is 610. The first-order valence-electron chi connectivity index (χ1n) is 5.04. The number of aromatic nitrogens is 3. The van der Waals surface area contributed by atoms with Gasteiger partial charge in [-0.25, -0.2) is 18.9 Å². The van der Waals surface area contributed by atoms with E-state index in [1.54, 1.807) is 6.92 Å². The SMILES string of the molecule is COc1cc(-n2nc(C(=O)O)nc2C)ccc1F. The van der Waals surface area contributed by atoms with Gasteiger partial charge in [0.25, 0.3) is 5.82 Å². The van der Waals surface area contributed by atoms with Crippen molar-refractivity contribution in [2.45, 2.75) is 6.92 Å². The Morgan fingerprint density at radius 1 is 1.50 bits per heavy atom. The predicted octanol–water partition coefficient (Wildman–Crippen LogP) is 1.42. The summed E-state index contributed by atoms with van der Waals surface area (Å²) in [6, 6.07) is 4.10. The minimum atomic E-state index is -1.22. The molecule has 0 radical (unpaired) electrons. The number of benzene rings is 1. The Labute approximate surface area is 102 Å². The van der Waals surface area contributed by atoms with Gasteiger partial charge in [0.05, 0.1) is 12.8 Å². The Morgan fingerprint density at radius 3 is 2.78 bits per heavy atom. The molecule has 2 rings (SSSR count). The molecule has 0 fully saturated rings. The van der Waals surface area contributed by atoms with Crippen LogP contribution in [0, 0.1) is 12.7 Å². The van der Waals surface area contributed by atoms with Crippen LogP contribution in [0.2, 0.25) is 0 Å². The first-order valence-corrected chi connectivity index (χ1v) is 5.04. The topological polar surface area (TPSA) is 77.2 Å². The number of carboxylic acids is 1. The van der Waals surface area contributed by atoms with E-state index in [4.69, 9.17) is 9.84 Å². The van der Waals surface area contributed by atoms with Crippen LogP contribution in [0.3, 0.4) is 0 Å². The number of halogens is 1. The molecule has 7 heteroatoms. The van der Waals surface area contributed by atoms with E-state index >= 15 is 0 Å². The number of rotatable bonds is 3. The van der Waals surface area contributed by atoms with Crippen LogP contribution in [-0.2, 0) is 0 Å². The summed E-state index contributed by atoms with van der Waals surface area (Å²) in [5.74, 6) is -1.58. The Hall–Kier alpha value is -2.44. The normalized spacial score (nSPS) is 10.4. The first kappa shape index (κ1) is 12.0. The molecule has 0 saturated carbocycles. The lowest BCUT2D eigenvalue weighted by Crippen LogP contribution is -2.03. The highest BCUT2D eigenvalue weighted by Gasteiger charge is 2.14. The van der Waals surface area contributed by atoms with Crippen molar-refractivity contribution in [1.82, 2.24) is 14.8 Å². The molecular formula is C11H10FN3O3. The molecule has 0 aliphatic rings. The highest BCUT2D eigenvalue weighted by atomic mass is 19.1. The van der Waals surface area contributed by atoms with Gasteiger partial charge in [-0.15, -0.1) is 5.10 Å². The molecule has 6 nitrogen and oxygen atoms in total. The molecule has 94 valence electrons. The minimum Gasteiger partial charge on any atom is -0.494 e. The molecule has 0 atom stereocenters. The minimum absolute atomic E-state index is 0.0549. The number of nitrogens with zero attached hydrogens (tertiary/aromatic N) is 3. The van der Waals surface area contributed by atoms with E-state index in [1.807, 2.05) is 0 Å². The fourth-order valence-electron chi connectivity index (χ4n) is 1.51. The third-order valence-corrected chi connectivity index (χ3v) is 2.34. The van der Waals surface area contributed by atoms with E-state index in [0.29, 0.717) is 11.5 Å². The van der Waals surface area contributed by atoms with Gasteiger partial charge in [-0.2, -0.15) is 0 Å². The summed E-state index contributed by atoms with van der Waals surface area (Å²) in [6.45, 7) is 1.61. The van der Waals surface area contributed by atoms with Crippen LogP contribution in [0.1, 0.15) is 16.4 Å². The van der Waals surface area contributed by atoms with Gasteiger partial charge in [0.15, 0.2) is 11.6 Å². The zero-order valence-electron chi connectivity index (χ0n) is 9.72. The number of hydrogen-bond donors (Lipinski definition) is 1. The summed E-state index contributed by atoms with van der Waals surface area (Å²) in [5, 5.41) is 12.6. The summed E-state index contributed by atoms with van der Waals surface area (Å²) in [6.07, 6.45) is 0. The smallest absolute Gasteiger partial charge is 0.375 e.